The molecule has 0 amide bonds. The highest BCUT2D eigenvalue weighted by molar-refractivity contribution is 5.66. The van der Waals surface area contributed by atoms with Gasteiger partial charge in [0.2, 0.25) is 0 Å². The predicted octanol–water partition coefficient (Wildman–Crippen LogP) is 3.81. The number of hydrogen-bond acceptors (Lipinski definition) is 3. The summed E-state index contributed by atoms with van der Waals surface area (Å²) in [6.45, 7) is 2.30. The van der Waals surface area contributed by atoms with Crippen molar-refractivity contribution in [3.63, 3.8) is 0 Å². The molecular weight excluding hydrogens is 262 g/mol. The summed E-state index contributed by atoms with van der Waals surface area (Å²) >= 11 is 0. The number of aryl methyl sites for hydroxylation is 1. The summed E-state index contributed by atoms with van der Waals surface area (Å²) in [6, 6.07) is 13.1. The maximum Gasteiger partial charge on any atom is 0.124 e. The van der Waals surface area contributed by atoms with E-state index in [1.54, 1.807) is 0 Å². The Morgan fingerprint density at radius 3 is 2.57 bits per heavy atom. The van der Waals surface area contributed by atoms with Crippen LogP contribution in [-0.2, 0) is 24.4 Å². The lowest BCUT2D eigenvalue weighted by molar-refractivity contribution is 0.134. The minimum atomic E-state index is 0.727. The van der Waals surface area contributed by atoms with E-state index in [-0.39, 0.29) is 0 Å². The molecule has 4 rings (SSSR count). The summed E-state index contributed by atoms with van der Waals surface area (Å²) in [7, 11) is 2.10. The maximum absolute atomic E-state index is 5.78. The van der Waals surface area contributed by atoms with Crippen LogP contribution in [0.3, 0.4) is 0 Å². The summed E-state index contributed by atoms with van der Waals surface area (Å²) in [5.74, 6) is 1.04. The molecule has 2 aliphatic rings. The van der Waals surface area contributed by atoms with Crippen LogP contribution in [0.2, 0.25) is 0 Å². The van der Waals surface area contributed by atoms with E-state index in [1.165, 1.54) is 22.4 Å². The van der Waals surface area contributed by atoms with E-state index in [0.29, 0.717) is 0 Å². The van der Waals surface area contributed by atoms with Crippen LogP contribution in [0.15, 0.2) is 36.4 Å². The van der Waals surface area contributed by atoms with E-state index >= 15 is 0 Å². The molecule has 0 bridgehead atoms. The van der Waals surface area contributed by atoms with Gasteiger partial charge in [-0.15, -0.1) is 0 Å². The fraction of sp³-hybridized carbons (Fsp3) is 0.333. The summed E-state index contributed by atoms with van der Waals surface area (Å²) in [5.41, 5.74) is 6.28. The van der Waals surface area contributed by atoms with E-state index < -0.39 is 0 Å². The van der Waals surface area contributed by atoms with Crippen LogP contribution in [0, 0.1) is 0 Å². The molecule has 0 spiro atoms. The number of fused-ring (bicyclic) bond motifs is 2. The Morgan fingerprint density at radius 2 is 1.67 bits per heavy atom. The molecule has 3 nitrogen and oxygen atoms in total. The molecule has 108 valence electrons. The van der Waals surface area contributed by atoms with Crippen molar-refractivity contribution in [2.24, 2.45) is 0 Å². The van der Waals surface area contributed by atoms with Gasteiger partial charge in [0, 0.05) is 24.5 Å². The molecule has 2 aliphatic heterocycles. The highest BCUT2D eigenvalue weighted by Gasteiger charge is 2.15. The van der Waals surface area contributed by atoms with Crippen LogP contribution < -0.4 is 9.64 Å². The molecule has 2 heterocycles. The standard InChI is InChI=1S/C18H19NO2/c1-19(16-7-5-14-11-20-12-15(14)9-16)17-6-4-13-3-2-8-21-18(13)10-17/h4-7,9-10H,2-3,8,11-12H2,1H3. The van der Waals surface area contributed by atoms with Crippen LogP contribution in [0.5, 0.6) is 5.75 Å². The van der Waals surface area contributed by atoms with Crippen molar-refractivity contribution in [2.45, 2.75) is 26.1 Å². The monoisotopic (exact) mass is 281 g/mol. The van der Waals surface area contributed by atoms with Crippen molar-refractivity contribution in [3.05, 3.63) is 53.1 Å². The van der Waals surface area contributed by atoms with Gasteiger partial charge in [-0.1, -0.05) is 12.1 Å². The minimum Gasteiger partial charge on any atom is -0.493 e. The van der Waals surface area contributed by atoms with Gasteiger partial charge in [0.25, 0.3) is 0 Å². The second kappa shape index (κ2) is 5.08. The number of benzene rings is 2. The van der Waals surface area contributed by atoms with Crippen molar-refractivity contribution in [1.82, 2.24) is 0 Å². The van der Waals surface area contributed by atoms with Gasteiger partial charge in [0.15, 0.2) is 0 Å². The Labute approximate surface area is 125 Å². The topological polar surface area (TPSA) is 21.7 Å². The van der Waals surface area contributed by atoms with Gasteiger partial charge in [-0.2, -0.15) is 0 Å². The van der Waals surface area contributed by atoms with Crippen molar-refractivity contribution in [2.75, 3.05) is 18.6 Å². The molecular formula is C18H19NO2. The third kappa shape index (κ3) is 2.28. The van der Waals surface area contributed by atoms with Crippen LogP contribution in [0.25, 0.3) is 0 Å². The Balaban J connectivity index is 1.66. The first-order valence-electron chi connectivity index (χ1n) is 7.50. The first-order valence-corrected chi connectivity index (χ1v) is 7.50. The van der Waals surface area contributed by atoms with Crippen LogP contribution >= 0.6 is 0 Å². The molecule has 0 radical (unpaired) electrons. The van der Waals surface area contributed by atoms with Crippen LogP contribution in [0.4, 0.5) is 11.4 Å². The Hall–Kier alpha value is -2.00. The van der Waals surface area contributed by atoms with Gasteiger partial charge in [-0.3, -0.25) is 0 Å². The summed E-state index contributed by atoms with van der Waals surface area (Å²) < 4.78 is 11.3. The minimum absolute atomic E-state index is 0.727. The number of rotatable bonds is 2. The smallest absolute Gasteiger partial charge is 0.124 e. The van der Waals surface area contributed by atoms with Gasteiger partial charge >= 0.3 is 0 Å². The average Bonchev–Trinajstić information content (AvgIpc) is 3.01. The highest BCUT2D eigenvalue weighted by Crippen LogP contribution is 2.33. The van der Waals surface area contributed by atoms with Crippen molar-refractivity contribution < 1.29 is 9.47 Å². The summed E-state index contributed by atoms with van der Waals surface area (Å²) in [4.78, 5) is 2.21. The van der Waals surface area contributed by atoms with E-state index in [0.717, 1.165) is 44.1 Å². The fourth-order valence-corrected chi connectivity index (χ4v) is 3.05. The molecule has 0 atom stereocenters. The molecule has 2 aromatic rings. The normalized spacial score (nSPS) is 16.0. The van der Waals surface area contributed by atoms with E-state index in [4.69, 9.17) is 9.47 Å². The highest BCUT2D eigenvalue weighted by atomic mass is 16.5. The van der Waals surface area contributed by atoms with E-state index in [2.05, 4.69) is 48.3 Å². The van der Waals surface area contributed by atoms with Crippen molar-refractivity contribution in [1.29, 1.82) is 0 Å². The number of anilines is 2. The van der Waals surface area contributed by atoms with Gasteiger partial charge in [-0.05, 0) is 47.7 Å². The Morgan fingerprint density at radius 1 is 0.905 bits per heavy atom. The number of hydrogen-bond donors (Lipinski definition) is 0. The molecule has 3 heteroatoms. The average molecular weight is 281 g/mol. The third-order valence-corrected chi connectivity index (χ3v) is 4.38. The molecule has 0 fully saturated rings. The van der Waals surface area contributed by atoms with Crippen LogP contribution in [-0.4, -0.2) is 13.7 Å². The lowest BCUT2D eigenvalue weighted by Gasteiger charge is -2.23. The fourth-order valence-electron chi connectivity index (χ4n) is 3.05. The molecule has 21 heavy (non-hydrogen) atoms. The number of ether oxygens (including phenoxy) is 2. The summed E-state index contributed by atoms with van der Waals surface area (Å²) in [5, 5.41) is 0. The van der Waals surface area contributed by atoms with Crippen LogP contribution in [0.1, 0.15) is 23.1 Å². The zero-order chi connectivity index (χ0) is 14.2. The second-order valence-corrected chi connectivity index (χ2v) is 5.75. The van der Waals surface area contributed by atoms with Crippen molar-refractivity contribution in [3.8, 4) is 5.75 Å². The molecule has 0 saturated carbocycles. The van der Waals surface area contributed by atoms with E-state index in [1.807, 2.05) is 0 Å². The van der Waals surface area contributed by atoms with Gasteiger partial charge < -0.3 is 14.4 Å². The largest absolute Gasteiger partial charge is 0.493 e. The van der Waals surface area contributed by atoms with Crippen molar-refractivity contribution >= 4 is 11.4 Å². The third-order valence-electron chi connectivity index (χ3n) is 4.38. The zero-order valence-corrected chi connectivity index (χ0v) is 12.3. The lowest BCUT2D eigenvalue weighted by Crippen LogP contribution is -2.12. The maximum atomic E-state index is 5.78. The Kier molecular flexibility index (Phi) is 3.08. The molecule has 0 unspecified atom stereocenters. The summed E-state index contributed by atoms with van der Waals surface area (Å²) in [6.07, 6.45) is 2.24. The molecule has 0 aromatic heterocycles. The predicted molar refractivity (Wildman–Crippen MR) is 83.3 cm³/mol. The van der Waals surface area contributed by atoms with Gasteiger partial charge in [-0.25, -0.2) is 0 Å². The zero-order valence-electron chi connectivity index (χ0n) is 12.3. The molecule has 2 aromatic carbocycles. The van der Waals surface area contributed by atoms with Gasteiger partial charge in [0.05, 0.1) is 19.8 Å². The van der Waals surface area contributed by atoms with E-state index in [9.17, 15) is 0 Å². The number of nitrogens with zero attached hydrogens (tertiary/aromatic N) is 1. The molecule has 0 N–H and O–H groups in total. The van der Waals surface area contributed by atoms with Gasteiger partial charge in [0.1, 0.15) is 5.75 Å². The molecule has 0 aliphatic carbocycles. The SMILES string of the molecule is CN(c1ccc2c(c1)COC2)c1ccc2c(c1)OCCC2. The lowest BCUT2D eigenvalue weighted by atomic mass is 10.0. The second-order valence-electron chi connectivity index (χ2n) is 5.75. The quantitative estimate of drug-likeness (QED) is 0.835. The Bertz CT molecular complexity index is 681. The first-order chi connectivity index (χ1) is 10.3. The first kappa shape index (κ1) is 12.7. The molecule has 0 saturated heterocycles.